The van der Waals surface area contributed by atoms with Gasteiger partial charge in [0.1, 0.15) is 11.9 Å². The largest absolute Gasteiger partial charge is 0.489 e. The van der Waals surface area contributed by atoms with Crippen LogP contribution in [-0.2, 0) is 0 Å². The van der Waals surface area contributed by atoms with Crippen molar-refractivity contribution < 1.29 is 13.9 Å². The summed E-state index contributed by atoms with van der Waals surface area (Å²) in [4.78, 5) is 16.1. The van der Waals surface area contributed by atoms with Crippen LogP contribution in [0.15, 0.2) is 46.0 Å². The highest BCUT2D eigenvalue weighted by Crippen LogP contribution is 2.16. The van der Waals surface area contributed by atoms with E-state index in [4.69, 9.17) is 20.8 Å². The Kier molecular flexibility index (Phi) is 8.68. The molecule has 0 aliphatic heterocycles. The van der Waals surface area contributed by atoms with Gasteiger partial charge in [-0.2, -0.15) is 0 Å². The summed E-state index contributed by atoms with van der Waals surface area (Å²) in [6.45, 7) is 5.62. The van der Waals surface area contributed by atoms with Gasteiger partial charge in [0.15, 0.2) is 11.7 Å². The highest BCUT2D eigenvalue weighted by atomic mass is 35.5. The maximum Gasteiger partial charge on any atom is 0.287 e. The molecule has 0 fully saturated rings. The molecule has 1 amide bonds. The fourth-order valence-electron chi connectivity index (χ4n) is 2.43. The Morgan fingerprint density at radius 2 is 1.89 bits per heavy atom. The lowest BCUT2D eigenvalue weighted by molar-refractivity contribution is 0.0925. The third-order valence-electron chi connectivity index (χ3n) is 3.93. The van der Waals surface area contributed by atoms with Crippen molar-refractivity contribution in [2.75, 3.05) is 26.7 Å². The number of carbonyl (C=O) groups excluding carboxylic acids is 1. The van der Waals surface area contributed by atoms with Gasteiger partial charge >= 0.3 is 0 Å². The summed E-state index contributed by atoms with van der Waals surface area (Å²) in [7, 11) is 1.71. The Labute approximate surface area is 170 Å². The maximum absolute atomic E-state index is 11.9. The van der Waals surface area contributed by atoms with Crippen LogP contribution in [0.1, 0.15) is 29.5 Å². The fraction of sp³-hybridized carbons (Fsp3) is 0.400. The van der Waals surface area contributed by atoms with Gasteiger partial charge in [0.2, 0.25) is 0 Å². The summed E-state index contributed by atoms with van der Waals surface area (Å²) in [6.07, 6.45) is 2.22. The molecule has 0 bridgehead atoms. The predicted octanol–water partition coefficient (Wildman–Crippen LogP) is 2.99. The zero-order chi connectivity index (χ0) is 20.4. The van der Waals surface area contributed by atoms with Crippen molar-refractivity contribution >= 4 is 23.5 Å². The Morgan fingerprint density at radius 3 is 2.54 bits per heavy atom. The highest BCUT2D eigenvalue weighted by Gasteiger charge is 2.11. The highest BCUT2D eigenvalue weighted by molar-refractivity contribution is 6.30. The summed E-state index contributed by atoms with van der Waals surface area (Å²) in [6, 6.07) is 9.03. The third kappa shape index (κ3) is 7.15. The average Bonchev–Trinajstić information content (AvgIpc) is 3.11. The summed E-state index contributed by atoms with van der Waals surface area (Å²) >= 11 is 5.87. The molecule has 2 aromatic rings. The Bertz CT molecular complexity index is 774. The lowest BCUT2D eigenvalue weighted by atomic mass is 10.2. The van der Waals surface area contributed by atoms with Crippen LogP contribution >= 0.6 is 11.6 Å². The number of nitrogens with zero attached hydrogens (tertiary/aromatic N) is 1. The van der Waals surface area contributed by atoms with Crippen LogP contribution in [0.4, 0.5) is 0 Å². The smallest absolute Gasteiger partial charge is 0.287 e. The molecule has 1 aromatic carbocycles. The summed E-state index contributed by atoms with van der Waals surface area (Å²) in [5.41, 5.74) is 0.829. The number of furan rings is 1. The van der Waals surface area contributed by atoms with E-state index in [1.807, 2.05) is 26.0 Å². The quantitative estimate of drug-likeness (QED) is 0.338. The SMILES string of the molecule is CN=C(NCCCNC(=O)c1occc1C)NCC(C)Oc1ccc(Cl)cc1. The van der Waals surface area contributed by atoms with Crippen molar-refractivity contribution in [2.24, 2.45) is 4.99 Å². The second-order valence-electron chi connectivity index (χ2n) is 6.30. The zero-order valence-electron chi connectivity index (χ0n) is 16.4. The number of rotatable bonds is 9. The molecule has 1 atom stereocenters. The molecule has 1 heterocycles. The van der Waals surface area contributed by atoms with Crippen molar-refractivity contribution in [3.63, 3.8) is 0 Å². The second-order valence-corrected chi connectivity index (χ2v) is 6.74. The number of hydrogen-bond donors (Lipinski definition) is 3. The Balaban J connectivity index is 1.61. The standard InChI is InChI=1S/C20H27ClN4O3/c1-14-9-12-27-18(14)19(26)23-10-4-11-24-20(22-3)25-13-15(2)28-17-7-5-16(21)6-8-17/h5-9,12,15H,4,10-11,13H2,1-3H3,(H,23,26)(H2,22,24,25). The zero-order valence-corrected chi connectivity index (χ0v) is 17.2. The Morgan fingerprint density at radius 1 is 1.18 bits per heavy atom. The van der Waals surface area contributed by atoms with Gasteiger partial charge in [-0.3, -0.25) is 9.79 Å². The first-order valence-electron chi connectivity index (χ1n) is 9.18. The molecule has 0 aliphatic rings. The lowest BCUT2D eigenvalue weighted by Crippen LogP contribution is -2.42. The number of aryl methyl sites for hydroxylation is 1. The molecule has 8 heteroatoms. The van der Waals surface area contributed by atoms with Crippen molar-refractivity contribution in [2.45, 2.75) is 26.4 Å². The molecule has 0 saturated heterocycles. The van der Waals surface area contributed by atoms with E-state index in [1.165, 1.54) is 6.26 Å². The van der Waals surface area contributed by atoms with E-state index >= 15 is 0 Å². The molecule has 0 radical (unpaired) electrons. The molecule has 0 spiro atoms. The number of benzene rings is 1. The number of guanidine groups is 1. The number of amides is 1. The van der Waals surface area contributed by atoms with E-state index in [-0.39, 0.29) is 12.0 Å². The van der Waals surface area contributed by atoms with Crippen molar-refractivity contribution in [1.82, 2.24) is 16.0 Å². The van der Waals surface area contributed by atoms with Crippen molar-refractivity contribution in [3.8, 4) is 5.75 Å². The van der Waals surface area contributed by atoms with Crippen LogP contribution in [0.3, 0.4) is 0 Å². The van der Waals surface area contributed by atoms with Crippen molar-refractivity contribution in [1.29, 1.82) is 0 Å². The van der Waals surface area contributed by atoms with Gasteiger partial charge in [-0.25, -0.2) is 0 Å². The summed E-state index contributed by atoms with van der Waals surface area (Å²) in [5.74, 6) is 1.61. The maximum atomic E-state index is 11.9. The van der Waals surface area contributed by atoms with E-state index in [0.29, 0.717) is 36.4 Å². The normalized spacial score (nSPS) is 12.4. The first-order valence-corrected chi connectivity index (χ1v) is 9.56. The van der Waals surface area contributed by atoms with Crippen LogP contribution in [0.2, 0.25) is 5.02 Å². The van der Waals surface area contributed by atoms with Gasteiger partial charge in [0, 0.05) is 30.7 Å². The van der Waals surface area contributed by atoms with Crippen molar-refractivity contribution in [3.05, 3.63) is 52.9 Å². The van der Waals surface area contributed by atoms with Crippen LogP contribution in [0, 0.1) is 6.92 Å². The molecule has 0 saturated carbocycles. The number of carbonyl (C=O) groups is 1. The molecule has 152 valence electrons. The molecule has 7 nitrogen and oxygen atoms in total. The minimum absolute atomic E-state index is 0.0458. The van der Waals surface area contributed by atoms with E-state index in [2.05, 4.69) is 20.9 Å². The molecule has 1 aromatic heterocycles. The molecule has 28 heavy (non-hydrogen) atoms. The van der Waals surface area contributed by atoms with E-state index in [0.717, 1.165) is 17.7 Å². The minimum Gasteiger partial charge on any atom is -0.489 e. The van der Waals surface area contributed by atoms with Crippen LogP contribution in [-0.4, -0.2) is 44.7 Å². The first kappa shape index (κ1) is 21.6. The number of aliphatic imine (C=N–C) groups is 1. The molecule has 0 aliphatic carbocycles. The van der Waals surface area contributed by atoms with Gasteiger partial charge in [-0.1, -0.05) is 11.6 Å². The summed E-state index contributed by atoms with van der Waals surface area (Å²) < 4.78 is 11.0. The lowest BCUT2D eigenvalue weighted by Gasteiger charge is -2.18. The first-order chi connectivity index (χ1) is 13.5. The molecule has 3 N–H and O–H groups in total. The van der Waals surface area contributed by atoms with Gasteiger partial charge in [-0.15, -0.1) is 0 Å². The van der Waals surface area contributed by atoms with Crippen LogP contribution < -0.4 is 20.7 Å². The third-order valence-corrected chi connectivity index (χ3v) is 4.18. The van der Waals surface area contributed by atoms with Gasteiger partial charge in [0.25, 0.3) is 5.91 Å². The van der Waals surface area contributed by atoms with E-state index < -0.39 is 0 Å². The minimum atomic E-state index is -0.196. The van der Waals surface area contributed by atoms with Gasteiger partial charge in [0.05, 0.1) is 12.8 Å². The van der Waals surface area contributed by atoms with Gasteiger partial charge in [-0.05, 0) is 50.6 Å². The molecule has 2 rings (SSSR count). The summed E-state index contributed by atoms with van der Waals surface area (Å²) in [5, 5.41) is 9.94. The Hall–Kier alpha value is -2.67. The van der Waals surface area contributed by atoms with E-state index in [1.54, 1.807) is 25.2 Å². The topological polar surface area (TPSA) is 87.9 Å². The number of ether oxygens (including phenoxy) is 1. The molecule has 1 unspecified atom stereocenters. The van der Waals surface area contributed by atoms with Crippen LogP contribution in [0.25, 0.3) is 0 Å². The monoisotopic (exact) mass is 406 g/mol. The molecular formula is C20H27ClN4O3. The average molecular weight is 407 g/mol. The molecular weight excluding hydrogens is 380 g/mol. The number of nitrogens with one attached hydrogen (secondary N) is 3. The number of hydrogen-bond acceptors (Lipinski definition) is 4. The second kappa shape index (κ2) is 11.2. The predicted molar refractivity (Wildman–Crippen MR) is 111 cm³/mol. The van der Waals surface area contributed by atoms with E-state index in [9.17, 15) is 4.79 Å². The van der Waals surface area contributed by atoms with Crippen LogP contribution in [0.5, 0.6) is 5.75 Å². The number of halogens is 1. The van der Waals surface area contributed by atoms with Gasteiger partial charge < -0.3 is 25.1 Å². The fourth-order valence-corrected chi connectivity index (χ4v) is 2.56.